The molecule has 6 N–H and O–H groups in total. The molecule has 47 heavy (non-hydrogen) atoms. The van der Waals surface area contributed by atoms with Gasteiger partial charge in [-0.05, 0) is 76.6 Å². The van der Waals surface area contributed by atoms with Crippen molar-refractivity contribution in [3.05, 3.63) is 71.9 Å². The number of para-hydroxylation sites is 1. The van der Waals surface area contributed by atoms with Crippen molar-refractivity contribution in [2.45, 2.75) is 89.4 Å². The summed E-state index contributed by atoms with van der Waals surface area (Å²) in [5.74, 6) is -2.38. The minimum atomic E-state index is -1.18. The van der Waals surface area contributed by atoms with Crippen LogP contribution in [-0.4, -0.2) is 76.4 Å². The lowest BCUT2D eigenvalue weighted by Crippen LogP contribution is -2.59. The third-order valence-electron chi connectivity index (χ3n) is 7.97. The zero-order valence-corrected chi connectivity index (χ0v) is 27.3. The van der Waals surface area contributed by atoms with E-state index in [0.29, 0.717) is 25.8 Å². The van der Waals surface area contributed by atoms with E-state index in [0.717, 1.165) is 26.9 Å². The predicted octanol–water partition coefficient (Wildman–Crippen LogP) is 3.09. The summed E-state index contributed by atoms with van der Waals surface area (Å²) in [6, 6.07) is 13.5. The summed E-state index contributed by atoms with van der Waals surface area (Å²) in [6.45, 7) is 5.77. The molecule has 1 aliphatic heterocycles. The van der Waals surface area contributed by atoms with Crippen molar-refractivity contribution in [2.75, 3.05) is 13.1 Å². The Morgan fingerprint density at radius 3 is 2.49 bits per heavy atom. The van der Waals surface area contributed by atoms with E-state index in [-0.39, 0.29) is 32.2 Å². The molecule has 0 spiro atoms. The van der Waals surface area contributed by atoms with E-state index in [2.05, 4.69) is 20.9 Å². The maximum atomic E-state index is 14.3. The molecule has 5 amide bonds. The molecule has 12 heteroatoms. The number of nitrogens with zero attached hydrogens (tertiary/aromatic N) is 1. The first-order chi connectivity index (χ1) is 22.5. The Kier molecular flexibility index (Phi) is 12.1. The quantitative estimate of drug-likeness (QED) is 0.148. The number of hydrogen-bond donors (Lipinski definition) is 5. The number of H-pyrrole nitrogens is 1. The number of aromatic nitrogens is 1. The van der Waals surface area contributed by atoms with Crippen molar-refractivity contribution in [1.29, 1.82) is 0 Å². The smallest absolute Gasteiger partial charge is 0.408 e. The Labute approximate surface area is 275 Å². The zero-order valence-electron chi connectivity index (χ0n) is 27.3. The molecule has 4 rings (SSSR count). The Hall–Kier alpha value is -4.71. The first-order valence-corrected chi connectivity index (χ1v) is 16.2. The number of ether oxygens (including phenoxy) is 1. The van der Waals surface area contributed by atoms with Crippen molar-refractivity contribution < 1.29 is 28.7 Å². The highest BCUT2D eigenvalue weighted by molar-refractivity contribution is 6.04. The fourth-order valence-corrected chi connectivity index (χ4v) is 5.68. The van der Waals surface area contributed by atoms with Gasteiger partial charge < -0.3 is 31.4 Å². The lowest BCUT2D eigenvalue weighted by molar-refractivity contribution is -0.153. The second-order valence-corrected chi connectivity index (χ2v) is 12.8. The van der Waals surface area contributed by atoms with Crippen LogP contribution in [-0.2, 0) is 36.8 Å². The fraction of sp³-hybridized carbons (Fsp3) is 0.457. The molecule has 0 saturated carbocycles. The van der Waals surface area contributed by atoms with Gasteiger partial charge in [-0.25, -0.2) is 4.79 Å². The molecule has 12 nitrogen and oxygen atoms in total. The van der Waals surface area contributed by atoms with E-state index in [1.54, 1.807) is 20.8 Å². The van der Waals surface area contributed by atoms with E-state index in [1.165, 1.54) is 0 Å². The summed E-state index contributed by atoms with van der Waals surface area (Å²) in [5, 5.41) is 9.31. The molecule has 1 fully saturated rings. The summed E-state index contributed by atoms with van der Waals surface area (Å²) in [4.78, 5) is 72.3. The number of carbonyl (C=O) groups is 5. The Bertz CT molecular complexity index is 1550. The van der Waals surface area contributed by atoms with Crippen molar-refractivity contribution in [3.63, 3.8) is 0 Å². The van der Waals surface area contributed by atoms with Crippen molar-refractivity contribution in [1.82, 2.24) is 25.8 Å². The maximum Gasteiger partial charge on any atom is 0.408 e. The molecular formula is C35H46N6O6. The number of hydrogen-bond acceptors (Lipinski definition) is 7. The van der Waals surface area contributed by atoms with Crippen molar-refractivity contribution >= 4 is 40.6 Å². The summed E-state index contributed by atoms with van der Waals surface area (Å²) in [5.41, 5.74) is 7.71. The molecule has 3 aromatic rings. The molecule has 2 heterocycles. The van der Waals surface area contributed by atoms with Gasteiger partial charge in [0.05, 0.1) is 0 Å². The molecular weight excluding hydrogens is 600 g/mol. The highest BCUT2D eigenvalue weighted by Crippen LogP contribution is 2.20. The number of alkyl carbamates (subject to hydrolysis) is 1. The van der Waals surface area contributed by atoms with E-state index in [1.807, 2.05) is 60.8 Å². The van der Waals surface area contributed by atoms with Crippen LogP contribution in [0.25, 0.3) is 10.9 Å². The van der Waals surface area contributed by atoms with Crippen LogP contribution >= 0.6 is 0 Å². The Morgan fingerprint density at radius 1 is 1.04 bits per heavy atom. The van der Waals surface area contributed by atoms with Crippen LogP contribution in [0, 0.1) is 0 Å². The number of unbranched alkanes of at least 4 members (excludes halogenated alkanes) is 1. The second-order valence-electron chi connectivity index (χ2n) is 12.8. The number of amides is 5. The van der Waals surface area contributed by atoms with E-state index in [4.69, 9.17) is 10.5 Å². The van der Waals surface area contributed by atoms with E-state index >= 15 is 0 Å². The molecule has 1 saturated heterocycles. The van der Waals surface area contributed by atoms with Gasteiger partial charge in [-0.1, -0.05) is 48.5 Å². The van der Waals surface area contributed by atoms with Gasteiger partial charge in [0.1, 0.15) is 23.7 Å². The van der Waals surface area contributed by atoms with E-state index < -0.39 is 53.4 Å². The van der Waals surface area contributed by atoms with Crippen LogP contribution in [0.15, 0.2) is 60.8 Å². The van der Waals surface area contributed by atoms with Gasteiger partial charge in [0.25, 0.3) is 5.91 Å². The molecule has 0 aliphatic carbocycles. The van der Waals surface area contributed by atoms with Crippen molar-refractivity contribution in [2.24, 2.45) is 5.73 Å². The van der Waals surface area contributed by atoms with Gasteiger partial charge in [0.15, 0.2) is 0 Å². The Morgan fingerprint density at radius 2 is 1.77 bits per heavy atom. The summed E-state index contributed by atoms with van der Waals surface area (Å²) in [7, 11) is 0. The van der Waals surface area contributed by atoms with E-state index in [9.17, 15) is 24.0 Å². The molecule has 1 aliphatic rings. The zero-order chi connectivity index (χ0) is 34.0. The van der Waals surface area contributed by atoms with Gasteiger partial charge in [-0.2, -0.15) is 0 Å². The van der Waals surface area contributed by atoms with Crippen molar-refractivity contribution in [3.8, 4) is 0 Å². The number of fused-ring (bicyclic) bond motifs is 1. The topological polar surface area (TPSA) is 176 Å². The number of aromatic amines is 1. The van der Waals surface area contributed by atoms with Crippen LogP contribution < -0.4 is 21.7 Å². The van der Waals surface area contributed by atoms with Crippen LogP contribution in [0.5, 0.6) is 0 Å². The monoisotopic (exact) mass is 646 g/mol. The molecule has 252 valence electrons. The highest BCUT2D eigenvalue weighted by Gasteiger charge is 2.41. The summed E-state index contributed by atoms with van der Waals surface area (Å²) >= 11 is 0. The summed E-state index contributed by atoms with van der Waals surface area (Å²) < 4.78 is 5.34. The summed E-state index contributed by atoms with van der Waals surface area (Å²) in [6.07, 6.45) is 2.67. The number of benzene rings is 2. The first-order valence-electron chi connectivity index (χ1n) is 16.2. The SMILES string of the molecule is CC(C)(C)OC(=O)N[C@@H]1CCC(=O)N([C@@H](CCCCN)C(=O)NCCc2c[nH]c3ccccc23)C(=O)[C@@H](Cc2ccccc2)NC1=O. The molecule has 0 unspecified atom stereocenters. The minimum Gasteiger partial charge on any atom is -0.444 e. The van der Waals surface area contributed by atoms with Crippen LogP contribution in [0.2, 0.25) is 0 Å². The third-order valence-corrected chi connectivity index (χ3v) is 7.97. The van der Waals surface area contributed by atoms with Gasteiger partial charge in [0.2, 0.25) is 17.7 Å². The third kappa shape index (κ3) is 9.89. The molecule has 0 radical (unpaired) electrons. The maximum absolute atomic E-state index is 14.3. The predicted molar refractivity (Wildman–Crippen MR) is 178 cm³/mol. The van der Waals surface area contributed by atoms with Crippen LogP contribution in [0.3, 0.4) is 0 Å². The normalized spacial score (nSPS) is 18.1. The van der Waals surface area contributed by atoms with Crippen LogP contribution in [0.4, 0.5) is 4.79 Å². The minimum absolute atomic E-state index is 0.0755. The number of carbonyl (C=O) groups excluding carboxylic acids is 5. The van der Waals surface area contributed by atoms with Gasteiger partial charge in [-0.3, -0.25) is 24.1 Å². The second kappa shape index (κ2) is 16.2. The molecule has 1 aromatic heterocycles. The fourth-order valence-electron chi connectivity index (χ4n) is 5.68. The molecule has 3 atom stereocenters. The lowest BCUT2D eigenvalue weighted by atomic mass is 10.0. The Balaban J connectivity index is 1.59. The average molecular weight is 647 g/mol. The van der Waals surface area contributed by atoms with Gasteiger partial charge in [-0.15, -0.1) is 0 Å². The average Bonchev–Trinajstić information content (AvgIpc) is 3.45. The van der Waals surface area contributed by atoms with Crippen LogP contribution in [0.1, 0.15) is 64.0 Å². The number of rotatable bonds is 12. The largest absolute Gasteiger partial charge is 0.444 e. The first kappa shape index (κ1) is 35.1. The van der Waals surface area contributed by atoms with Gasteiger partial charge in [0, 0.05) is 36.5 Å². The number of nitrogens with one attached hydrogen (secondary N) is 4. The lowest BCUT2D eigenvalue weighted by Gasteiger charge is -2.32. The standard InChI is InChI=1S/C35H46N6O6/c1-35(2,3)47-34(46)40-27-16-17-30(42)41(33(45)28(39-31(27)43)21-23-11-5-4-6-12-23)29(15-9-10-19-36)32(44)37-20-18-24-22-38-26-14-8-7-13-25(24)26/h4-8,11-14,22,27-29,38H,9-10,15-21,36H2,1-3H3,(H,37,44)(H,39,43)(H,40,46)/t27-,28-,29+/m1/s1. The van der Waals surface area contributed by atoms with Gasteiger partial charge >= 0.3 is 6.09 Å². The molecule has 0 bridgehead atoms. The highest BCUT2D eigenvalue weighted by atomic mass is 16.6. The molecule has 2 aromatic carbocycles. The number of imide groups is 1. The number of nitrogens with two attached hydrogens (primary N) is 1.